The number of halogens is 3. The van der Waals surface area contributed by atoms with Gasteiger partial charge in [0.1, 0.15) is 17.5 Å². The first-order valence-electron chi connectivity index (χ1n) is 9.25. The van der Waals surface area contributed by atoms with Gasteiger partial charge in [-0.1, -0.05) is 41.7 Å². The fourth-order valence-corrected chi connectivity index (χ4v) is 3.44. The van der Waals surface area contributed by atoms with Crippen molar-refractivity contribution in [1.29, 1.82) is 5.26 Å². The van der Waals surface area contributed by atoms with Crippen molar-refractivity contribution < 1.29 is 9.90 Å². The van der Waals surface area contributed by atoms with Gasteiger partial charge in [-0.05, 0) is 42.8 Å². The van der Waals surface area contributed by atoms with Crippen LogP contribution in [0.4, 0.5) is 11.5 Å². The normalized spacial score (nSPS) is 10.6. The number of hydrogen-bond donors (Lipinski definition) is 3. The Morgan fingerprint density at radius 3 is 2.58 bits per heavy atom. The Bertz CT molecular complexity index is 1200. The van der Waals surface area contributed by atoms with Gasteiger partial charge in [-0.15, -0.1) is 0 Å². The molecule has 2 aromatic carbocycles. The minimum absolute atomic E-state index is 0.0976. The molecular formula is C21H18Cl3N5O2. The number of hydrogen-bond acceptors (Lipinski definition) is 5. The zero-order valence-electron chi connectivity index (χ0n) is 16.6. The molecule has 0 saturated carbocycles. The van der Waals surface area contributed by atoms with Crippen LogP contribution in [0.25, 0.3) is 5.69 Å². The van der Waals surface area contributed by atoms with Crippen LogP contribution in [-0.2, 0) is 11.3 Å². The SMILES string of the molecule is CCC(=O)Nc1cc(CNc2c(C#N)c(C)nn2-c2ccc(Cl)c(Cl)c2)cc(Cl)c1O. The summed E-state index contributed by atoms with van der Waals surface area (Å²) in [6.45, 7) is 3.68. The number of nitrogens with one attached hydrogen (secondary N) is 2. The molecule has 3 N–H and O–H groups in total. The number of anilines is 2. The molecule has 0 fully saturated rings. The van der Waals surface area contributed by atoms with Crippen molar-refractivity contribution in [2.24, 2.45) is 0 Å². The van der Waals surface area contributed by atoms with Gasteiger partial charge >= 0.3 is 0 Å². The van der Waals surface area contributed by atoms with Crippen LogP contribution in [0, 0.1) is 18.3 Å². The van der Waals surface area contributed by atoms with E-state index in [0.717, 1.165) is 0 Å². The Morgan fingerprint density at radius 1 is 1.19 bits per heavy atom. The number of carbonyl (C=O) groups is 1. The highest BCUT2D eigenvalue weighted by molar-refractivity contribution is 6.42. The third-order valence-corrected chi connectivity index (χ3v) is 5.53. The molecule has 0 aliphatic rings. The average Bonchev–Trinajstić information content (AvgIpc) is 3.06. The maximum Gasteiger partial charge on any atom is 0.224 e. The standard InChI is InChI=1S/C21H18Cl3N5O2/c1-3-19(30)27-18-7-12(6-17(24)20(18)31)10-26-21-14(9-25)11(2)28-29(21)13-4-5-15(22)16(23)8-13/h4-8,26,31H,3,10H2,1-2H3,(H,27,30). The first-order valence-corrected chi connectivity index (χ1v) is 10.4. The largest absolute Gasteiger partial charge is 0.504 e. The Morgan fingerprint density at radius 2 is 1.94 bits per heavy atom. The predicted molar refractivity (Wildman–Crippen MR) is 122 cm³/mol. The van der Waals surface area contributed by atoms with Gasteiger partial charge < -0.3 is 15.7 Å². The molecule has 1 amide bonds. The van der Waals surface area contributed by atoms with Crippen molar-refractivity contribution in [3.05, 3.63) is 62.2 Å². The van der Waals surface area contributed by atoms with E-state index in [0.29, 0.717) is 38.4 Å². The third-order valence-electron chi connectivity index (χ3n) is 4.50. The number of amides is 1. The summed E-state index contributed by atoms with van der Waals surface area (Å²) in [5, 5.41) is 30.9. The predicted octanol–water partition coefficient (Wildman–Crippen LogP) is 5.68. The fraction of sp³-hybridized carbons (Fsp3) is 0.190. The first kappa shape index (κ1) is 22.8. The molecule has 0 saturated heterocycles. The molecule has 0 atom stereocenters. The molecule has 1 heterocycles. The van der Waals surface area contributed by atoms with E-state index in [1.807, 2.05) is 0 Å². The number of nitriles is 1. The Balaban J connectivity index is 1.96. The maximum absolute atomic E-state index is 11.7. The number of carbonyl (C=O) groups excluding carboxylic acids is 1. The van der Waals surface area contributed by atoms with Crippen molar-refractivity contribution in [2.45, 2.75) is 26.8 Å². The van der Waals surface area contributed by atoms with Crippen molar-refractivity contribution in [3.63, 3.8) is 0 Å². The molecule has 7 nitrogen and oxygen atoms in total. The molecule has 1 aromatic heterocycles. The molecule has 10 heteroatoms. The summed E-state index contributed by atoms with van der Waals surface area (Å²) in [6.07, 6.45) is 0.257. The molecule has 0 radical (unpaired) electrons. The highest BCUT2D eigenvalue weighted by atomic mass is 35.5. The molecule has 3 aromatic rings. The van der Waals surface area contributed by atoms with Crippen LogP contribution in [0.1, 0.15) is 30.2 Å². The van der Waals surface area contributed by atoms with Crippen LogP contribution in [0.5, 0.6) is 5.75 Å². The number of benzene rings is 2. The van der Waals surface area contributed by atoms with E-state index in [1.54, 1.807) is 48.9 Å². The highest BCUT2D eigenvalue weighted by Gasteiger charge is 2.18. The first-order chi connectivity index (χ1) is 14.7. The van der Waals surface area contributed by atoms with Crippen LogP contribution < -0.4 is 10.6 Å². The van der Waals surface area contributed by atoms with E-state index < -0.39 is 0 Å². The molecule has 0 bridgehead atoms. The molecular weight excluding hydrogens is 461 g/mol. The number of aryl methyl sites for hydroxylation is 1. The van der Waals surface area contributed by atoms with E-state index in [9.17, 15) is 15.2 Å². The van der Waals surface area contributed by atoms with Gasteiger partial charge in [-0.25, -0.2) is 4.68 Å². The van der Waals surface area contributed by atoms with E-state index in [4.69, 9.17) is 34.8 Å². The lowest BCUT2D eigenvalue weighted by molar-refractivity contribution is -0.115. The van der Waals surface area contributed by atoms with Gasteiger partial charge in [0.2, 0.25) is 5.91 Å². The molecule has 3 rings (SSSR count). The number of phenolic OH excluding ortho intramolecular Hbond substituents is 1. The maximum atomic E-state index is 11.7. The summed E-state index contributed by atoms with van der Waals surface area (Å²) in [5.41, 5.74) is 2.43. The lowest BCUT2D eigenvalue weighted by atomic mass is 10.1. The summed E-state index contributed by atoms with van der Waals surface area (Å²) >= 11 is 18.3. The second-order valence-electron chi connectivity index (χ2n) is 6.66. The monoisotopic (exact) mass is 477 g/mol. The average molecular weight is 479 g/mol. The zero-order chi connectivity index (χ0) is 22.7. The molecule has 31 heavy (non-hydrogen) atoms. The van der Waals surface area contributed by atoms with Gasteiger partial charge in [0.15, 0.2) is 5.75 Å². The lowest BCUT2D eigenvalue weighted by Crippen LogP contribution is -2.11. The van der Waals surface area contributed by atoms with E-state index >= 15 is 0 Å². The topological polar surface area (TPSA) is 103 Å². The van der Waals surface area contributed by atoms with Crippen LogP contribution in [0.2, 0.25) is 15.1 Å². The van der Waals surface area contributed by atoms with Gasteiger partial charge in [0.05, 0.1) is 32.1 Å². The Hall–Kier alpha value is -2.92. The number of phenols is 1. The van der Waals surface area contributed by atoms with Crippen molar-refractivity contribution in [2.75, 3.05) is 10.6 Å². The zero-order valence-corrected chi connectivity index (χ0v) is 18.9. The van der Waals surface area contributed by atoms with E-state index in [-0.39, 0.29) is 35.3 Å². The van der Waals surface area contributed by atoms with Crippen LogP contribution in [-0.4, -0.2) is 20.8 Å². The smallest absolute Gasteiger partial charge is 0.224 e. The molecule has 0 aliphatic heterocycles. The molecule has 0 spiro atoms. The van der Waals surface area contributed by atoms with Crippen molar-refractivity contribution >= 4 is 52.2 Å². The minimum atomic E-state index is -0.253. The van der Waals surface area contributed by atoms with Gasteiger partial charge in [0.25, 0.3) is 0 Å². The second-order valence-corrected chi connectivity index (χ2v) is 7.88. The highest BCUT2D eigenvalue weighted by Crippen LogP contribution is 2.34. The minimum Gasteiger partial charge on any atom is -0.504 e. The summed E-state index contributed by atoms with van der Waals surface area (Å²) in [4.78, 5) is 11.7. The second kappa shape index (κ2) is 9.48. The van der Waals surface area contributed by atoms with Gasteiger partial charge in [-0.2, -0.15) is 10.4 Å². The molecule has 160 valence electrons. The number of aromatic hydroxyl groups is 1. The molecule has 0 aliphatic carbocycles. The lowest BCUT2D eigenvalue weighted by Gasteiger charge is -2.14. The summed E-state index contributed by atoms with van der Waals surface area (Å²) < 4.78 is 1.57. The van der Waals surface area contributed by atoms with Crippen molar-refractivity contribution in [3.8, 4) is 17.5 Å². The van der Waals surface area contributed by atoms with E-state index in [1.165, 1.54) is 0 Å². The van der Waals surface area contributed by atoms with Gasteiger partial charge in [0, 0.05) is 13.0 Å². The van der Waals surface area contributed by atoms with Crippen LogP contribution >= 0.6 is 34.8 Å². The molecule has 0 unspecified atom stereocenters. The third kappa shape index (κ3) is 4.88. The fourth-order valence-electron chi connectivity index (χ4n) is 2.90. The quantitative estimate of drug-likeness (QED) is 0.396. The Kier molecular flexibility index (Phi) is 6.96. The van der Waals surface area contributed by atoms with Gasteiger partial charge in [-0.3, -0.25) is 4.79 Å². The summed E-state index contributed by atoms with van der Waals surface area (Å²) in [5.74, 6) is -0.0000795. The summed E-state index contributed by atoms with van der Waals surface area (Å²) in [7, 11) is 0. The summed E-state index contributed by atoms with van der Waals surface area (Å²) in [6, 6.07) is 10.4. The number of aromatic nitrogens is 2. The number of nitrogens with zero attached hydrogens (tertiary/aromatic N) is 3. The van der Waals surface area contributed by atoms with Crippen LogP contribution in [0.3, 0.4) is 0 Å². The number of rotatable bonds is 6. The van der Waals surface area contributed by atoms with Crippen LogP contribution in [0.15, 0.2) is 30.3 Å². The van der Waals surface area contributed by atoms with E-state index in [2.05, 4.69) is 21.8 Å². The van der Waals surface area contributed by atoms with Crippen molar-refractivity contribution in [1.82, 2.24) is 9.78 Å². The Labute approximate surface area is 194 Å².